The first kappa shape index (κ1) is 23.6. The van der Waals surface area contributed by atoms with Crippen molar-refractivity contribution in [3.8, 4) is 0 Å². The van der Waals surface area contributed by atoms with E-state index in [1.54, 1.807) is 13.2 Å². The molecule has 1 aliphatic heterocycles. The van der Waals surface area contributed by atoms with E-state index < -0.39 is 11.9 Å². The summed E-state index contributed by atoms with van der Waals surface area (Å²) in [6.45, 7) is 3.53. The van der Waals surface area contributed by atoms with E-state index in [4.69, 9.17) is 4.74 Å². The molecule has 2 aromatic heterocycles. The Labute approximate surface area is 187 Å². The molecule has 0 radical (unpaired) electrons. The quantitative estimate of drug-likeness (QED) is 0.344. The first-order chi connectivity index (χ1) is 13.5. The van der Waals surface area contributed by atoms with Crippen molar-refractivity contribution in [2.45, 2.75) is 19.3 Å². The summed E-state index contributed by atoms with van der Waals surface area (Å²) >= 11 is 0.960. The van der Waals surface area contributed by atoms with Crippen molar-refractivity contribution < 1.29 is 17.9 Å². The summed E-state index contributed by atoms with van der Waals surface area (Å²) in [4.78, 5) is 14.4. The van der Waals surface area contributed by atoms with Crippen LogP contribution in [0.1, 0.15) is 16.3 Å². The first-order valence-electron chi connectivity index (χ1n) is 8.70. The number of halogens is 4. The lowest BCUT2D eigenvalue weighted by Crippen LogP contribution is -2.39. The van der Waals surface area contributed by atoms with E-state index in [2.05, 4.69) is 30.5 Å². The highest BCUT2D eigenvalue weighted by molar-refractivity contribution is 14.0. The molecular formula is C17H22F3IN6OS. The minimum absolute atomic E-state index is 0. The molecule has 0 saturated carbocycles. The van der Waals surface area contributed by atoms with Crippen LogP contribution in [0.25, 0.3) is 0 Å². The molecule has 160 valence electrons. The van der Waals surface area contributed by atoms with Crippen LogP contribution in [-0.2, 0) is 24.0 Å². The second-order valence-electron chi connectivity index (χ2n) is 5.99. The van der Waals surface area contributed by atoms with Crippen molar-refractivity contribution >= 4 is 47.1 Å². The Kier molecular flexibility index (Phi) is 8.89. The van der Waals surface area contributed by atoms with Crippen molar-refractivity contribution in [3.05, 3.63) is 40.0 Å². The highest BCUT2D eigenvalue weighted by atomic mass is 127. The number of pyridine rings is 1. The van der Waals surface area contributed by atoms with Gasteiger partial charge in [0.15, 0.2) is 11.7 Å². The van der Waals surface area contributed by atoms with Gasteiger partial charge in [0.05, 0.1) is 19.8 Å². The highest BCUT2D eigenvalue weighted by Crippen LogP contribution is 2.29. The van der Waals surface area contributed by atoms with Crippen molar-refractivity contribution in [2.24, 2.45) is 4.99 Å². The van der Waals surface area contributed by atoms with E-state index in [1.165, 1.54) is 0 Å². The van der Waals surface area contributed by atoms with Crippen LogP contribution < -0.4 is 15.5 Å². The molecule has 1 aliphatic rings. The lowest BCUT2D eigenvalue weighted by atomic mass is 10.2. The molecule has 0 spiro atoms. The number of morpholine rings is 1. The second-order valence-corrected chi connectivity index (χ2v) is 6.93. The molecule has 2 N–H and O–H groups in total. The molecule has 0 aliphatic carbocycles. The number of nitrogens with one attached hydrogen (secondary N) is 2. The first-order valence-corrected chi connectivity index (χ1v) is 9.58. The molecule has 0 atom stereocenters. The maximum absolute atomic E-state index is 12.6. The van der Waals surface area contributed by atoms with Crippen LogP contribution in [0.15, 0.2) is 28.7 Å². The van der Waals surface area contributed by atoms with Crippen molar-refractivity contribution in [2.75, 3.05) is 38.3 Å². The molecule has 2 aromatic rings. The third-order valence-corrected chi connectivity index (χ3v) is 4.95. The van der Waals surface area contributed by atoms with Crippen LogP contribution in [0, 0.1) is 0 Å². The molecule has 0 amide bonds. The molecule has 0 unspecified atom stereocenters. The molecule has 1 fully saturated rings. The highest BCUT2D eigenvalue weighted by Gasteiger charge is 2.33. The van der Waals surface area contributed by atoms with E-state index in [0.717, 1.165) is 41.2 Å². The van der Waals surface area contributed by atoms with Crippen molar-refractivity contribution in [3.63, 3.8) is 0 Å². The molecule has 1 saturated heterocycles. The van der Waals surface area contributed by atoms with Crippen LogP contribution in [-0.4, -0.2) is 49.3 Å². The molecule has 3 heterocycles. The Hall–Kier alpha value is -1.67. The number of anilines is 1. The Bertz CT molecular complexity index is 810. The summed E-state index contributed by atoms with van der Waals surface area (Å²) in [6, 6.07) is 3.85. The van der Waals surface area contributed by atoms with Gasteiger partial charge in [-0.2, -0.15) is 13.2 Å². The number of ether oxygens (including phenoxy) is 1. The van der Waals surface area contributed by atoms with Crippen LogP contribution in [0.2, 0.25) is 0 Å². The van der Waals surface area contributed by atoms with Gasteiger partial charge in [-0.3, -0.25) is 4.99 Å². The fraction of sp³-hybridized carbons (Fsp3) is 0.471. The number of aromatic nitrogens is 2. The van der Waals surface area contributed by atoms with Crippen LogP contribution >= 0.6 is 35.3 Å². The summed E-state index contributed by atoms with van der Waals surface area (Å²) < 4.78 is 43.3. The molecular weight excluding hydrogens is 520 g/mol. The van der Waals surface area contributed by atoms with Gasteiger partial charge >= 0.3 is 6.18 Å². The number of aliphatic imine (C=N–C) groups is 1. The van der Waals surface area contributed by atoms with E-state index in [0.29, 0.717) is 30.7 Å². The third kappa shape index (κ3) is 6.67. The monoisotopic (exact) mass is 542 g/mol. The van der Waals surface area contributed by atoms with E-state index in [9.17, 15) is 13.2 Å². The van der Waals surface area contributed by atoms with Gasteiger partial charge in [-0.05, 0) is 6.07 Å². The number of hydrogen-bond acceptors (Lipinski definition) is 6. The fourth-order valence-electron chi connectivity index (χ4n) is 2.71. The Morgan fingerprint density at radius 2 is 2.00 bits per heavy atom. The zero-order chi connectivity index (χ0) is 20.0. The fourth-order valence-corrected chi connectivity index (χ4v) is 3.45. The van der Waals surface area contributed by atoms with Crippen molar-refractivity contribution in [1.82, 2.24) is 20.6 Å². The van der Waals surface area contributed by atoms with Gasteiger partial charge in [-0.1, -0.05) is 6.07 Å². The Balaban J connectivity index is 0.00000300. The third-order valence-electron chi connectivity index (χ3n) is 4.10. The van der Waals surface area contributed by atoms with E-state index in [-0.39, 0.29) is 30.5 Å². The minimum atomic E-state index is -4.43. The Morgan fingerprint density at radius 1 is 1.28 bits per heavy atom. The maximum atomic E-state index is 12.6. The molecule has 3 rings (SSSR count). The number of nitrogens with zero attached hydrogens (tertiary/aromatic N) is 4. The maximum Gasteiger partial charge on any atom is 0.434 e. The van der Waals surface area contributed by atoms with Gasteiger partial charge in [0.25, 0.3) is 0 Å². The van der Waals surface area contributed by atoms with E-state index >= 15 is 0 Å². The van der Waals surface area contributed by atoms with E-state index in [1.807, 2.05) is 12.1 Å². The summed E-state index contributed by atoms with van der Waals surface area (Å²) in [5.74, 6) is 1.36. The molecule has 0 aromatic carbocycles. The van der Waals surface area contributed by atoms with Gasteiger partial charge in [-0.25, -0.2) is 9.97 Å². The molecule has 29 heavy (non-hydrogen) atoms. The van der Waals surface area contributed by atoms with Gasteiger partial charge in [0.1, 0.15) is 10.8 Å². The summed E-state index contributed by atoms with van der Waals surface area (Å²) in [6.07, 6.45) is -2.67. The lowest BCUT2D eigenvalue weighted by molar-refractivity contribution is -0.140. The average Bonchev–Trinajstić information content (AvgIpc) is 3.19. The summed E-state index contributed by atoms with van der Waals surface area (Å²) in [5.41, 5.74) is 0.128. The predicted molar refractivity (Wildman–Crippen MR) is 117 cm³/mol. The van der Waals surface area contributed by atoms with Gasteiger partial charge in [-0.15, -0.1) is 35.3 Å². The number of rotatable bonds is 5. The molecule has 0 bridgehead atoms. The van der Waals surface area contributed by atoms with Crippen molar-refractivity contribution in [1.29, 1.82) is 0 Å². The number of hydrogen-bond donors (Lipinski definition) is 2. The van der Waals surface area contributed by atoms with Crippen LogP contribution in [0.5, 0.6) is 0 Å². The zero-order valence-corrected chi connectivity index (χ0v) is 18.8. The lowest BCUT2D eigenvalue weighted by Gasteiger charge is -2.29. The van der Waals surface area contributed by atoms with Gasteiger partial charge in [0, 0.05) is 43.8 Å². The minimum Gasteiger partial charge on any atom is -0.378 e. The Morgan fingerprint density at radius 3 is 2.66 bits per heavy atom. The second kappa shape index (κ2) is 10.9. The number of thiazole rings is 1. The van der Waals surface area contributed by atoms with Gasteiger partial charge < -0.3 is 20.3 Å². The normalized spacial score (nSPS) is 15.0. The molecule has 7 nitrogen and oxygen atoms in total. The number of guanidine groups is 1. The smallest absolute Gasteiger partial charge is 0.378 e. The summed E-state index contributed by atoms with van der Waals surface area (Å²) in [7, 11) is 1.60. The SMILES string of the molecule is CN=C(NCc1nc(C(F)(F)F)cs1)NCc1cccnc1N1CCOCC1.I. The van der Waals surface area contributed by atoms with Crippen LogP contribution in [0.3, 0.4) is 0 Å². The number of alkyl halides is 3. The molecule has 12 heteroatoms. The topological polar surface area (TPSA) is 74.7 Å². The standard InChI is InChI=1S/C17H21F3N6OS.HI/c1-21-16(24-10-14-25-13(11-28-14)17(18,19)20)23-9-12-3-2-4-22-15(12)26-5-7-27-8-6-26;/h2-4,11H,5-10H2,1H3,(H2,21,23,24);1H. The largest absolute Gasteiger partial charge is 0.434 e. The summed E-state index contributed by atoms with van der Waals surface area (Å²) in [5, 5.41) is 7.50. The van der Waals surface area contributed by atoms with Gasteiger partial charge in [0.2, 0.25) is 0 Å². The predicted octanol–water partition coefficient (Wildman–Crippen LogP) is 2.88. The zero-order valence-electron chi connectivity index (χ0n) is 15.7. The average molecular weight is 542 g/mol. The van der Waals surface area contributed by atoms with Crippen LogP contribution in [0.4, 0.5) is 19.0 Å².